The standard InChI is InChI=1S/C24H27N3O4/c1-3-31-19-10-8-17(9-11-19)22-21(23(28)30-2)20(25-24(29)26-22)15-27-13-12-16-6-4-5-7-18(16)14-27/h4-11,22H,3,12-15H2,1-2H3,(H2,25,26,29)/t22-/m1/s1. The largest absolute Gasteiger partial charge is 0.494 e. The zero-order chi connectivity index (χ0) is 21.8. The molecule has 0 saturated heterocycles. The van der Waals surface area contributed by atoms with Crippen molar-refractivity contribution in [3.8, 4) is 5.75 Å². The van der Waals surface area contributed by atoms with E-state index in [-0.39, 0.29) is 6.03 Å². The lowest BCUT2D eigenvalue weighted by Gasteiger charge is -2.34. The Morgan fingerprint density at radius 3 is 2.58 bits per heavy atom. The molecule has 0 aromatic heterocycles. The lowest BCUT2D eigenvalue weighted by Crippen LogP contribution is -2.48. The fourth-order valence-electron chi connectivity index (χ4n) is 4.18. The second-order valence-electron chi connectivity index (χ2n) is 7.65. The molecule has 2 aliphatic rings. The summed E-state index contributed by atoms with van der Waals surface area (Å²) in [6.45, 7) is 4.57. The molecule has 2 amide bonds. The minimum Gasteiger partial charge on any atom is -0.494 e. The predicted molar refractivity (Wildman–Crippen MR) is 116 cm³/mol. The molecule has 0 fully saturated rings. The minimum atomic E-state index is -0.594. The van der Waals surface area contributed by atoms with Crippen molar-refractivity contribution in [3.63, 3.8) is 0 Å². The number of urea groups is 1. The maximum absolute atomic E-state index is 12.8. The van der Waals surface area contributed by atoms with Gasteiger partial charge in [0.05, 0.1) is 25.3 Å². The van der Waals surface area contributed by atoms with E-state index in [0.29, 0.717) is 24.4 Å². The van der Waals surface area contributed by atoms with Gasteiger partial charge in [-0.05, 0) is 42.2 Å². The Morgan fingerprint density at radius 2 is 1.87 bits per heavy atom. The molecule has 7 nitrogen and oxygen atoms in total. The van der Waals surface area contributed by atoms with E-state index >= 15 is 0 Å². The Bertz CT molecular complexity index is 1000. The van der Waals surface area contributed by atoms with Gasteiger partial charge in [-0.1, -0.05) is 36.4 Å². The molecule has 1 atom stereocenters. The number of amides is 2. The van der Waals surface area contributed by atoms with Crippen molar-refractivity contribution in [1.29, 1.82) is 0 Å². The summed E-state index contributed by atoms with van der Waals surface area (Å²) < 4.78 is 10.6. The lowest BCUT2D eigenvalue weighted by molar-refractivity contribution is -0.136. The molecular formula is C24H27N3O4. The maximum atomic E-state index is 12.8. The van der Waals surface area contributed by atoms with Gasteiger partial charge in [-0.15, -0.1) is 0 Å². The number of fused-ring (bicyclic) bond motifs is 1. The van der Waals surface area contributed by atoms with Crippen molar-refractivity contribution in [2.24, 2.45) is 0 Å². The molecule has 2 N–H and O–H groups in total. The van der Waals surface area contributed by atoms with Crippen molar-refractivity contribution in [2.75, 3.05) is 26.8 Å². The molecule has 0 saturated carbocycles. The van der Waals surface area contributed by atoms with Crippen LogP contribution < -0.4 is 15.4 Å². The van der Waals surface area contributed by atoms with E-state index in [1.807, 2.05) is 37.3 Å². The molecule has 0 radical (unpaired) electrons. The Kier molecular flexibility index (Phi) is 6.23. The highest BCUT2D eigenvalue weighted by Gasteiger charge is 2.34. The molecule has 0 unspecified atom stereocenters. The van der Waals surface area contributed by atoms with Gasteiger partial charge < -0.3 is 20.1 Å². The van der Waals surface area contributed by atoms with Gasteiger partial charge in [0, 0.05) is 25.3 Å². The smallest absolute Gasteiger partial charge is 0.338 e. The zero-order valence-electron chi connectivity index (χ0n) is 17.8. The average molecular weight is 421 g/mol. The molecule has 7 heteroatoms. The van der Waals surface area contributed by atoms with Gasteiger partial charge in [0.2, 0.25) is 0 Å². The summed E-state index contributed by atoms with van der Waals surface area (Å²) >= 11 is 0. The second-order valence-corrected chi connectivity index (χ2v) is 7.65. The van der Waals surface area contributed by atoms with Crippen molar-refractivity contribution in [2.45, 2.75) is 25.9 Å². The van der Waals surface area contributed by atoms with Gasteiger partial charge >= 0.3 is 12.0 Å². The number of methoxy groups -OCH3 is 1. The van der Waals surface area contributed by atoms with Crippen LogP contribution in [0.2, 0.25) is 0 Å². The molecule has 0 aliphatic carbocycles. The third kappa shape index (κ3) is 4.56. The monoisotopic (exact) mass is 421 g/mol. The average Bonchev–Trinajstić information content (AvgIpc) is 2.79. The summed E-state index contributed by atoms with van der Waals surface area (Å²) in [6.07, 6.45) is 0.936. The highest BCUT2D eigenvalue weighted by Crippen LogP contribution is 2.30. The summed E-state index contributed by atoms with van der Waals surface area (Å²) in [5.74, 6) is 0.279. The summed E-state index contributed by atoms with van der Waals surface area (Å²) in [6, 6.07) is 14.8. The number of nitrogens with zero attached hydrogens (tertiary/aromatic N) is 1. The van der Waals surface area contributed by atoms with Gasteiger partial charge in [0.15, 0.2) is 0 Å². The van der Waals surface area contributed by atoms with Crippen molar-refractivity contribution in [1.82, 2.24) is 15.5 Å². The van der Waals surface area contributed by atoms with Gasteiger partial charge in [0.1, 0.15) is 5.75 Å². The highest BCUT2D eigenvalue weighted by atomic mass is 16.5. The van der Waals surface area contributed by atoms with Crippen LogP contribution in [0, 0.1) is 0 Å². The van der Waals surface area contributed by atoms with Crippen LogP contribution in [0.3, 0.4) is 0 Å². The first-order valence-corrected chi connectivity index (χ1v) is 10.5. The van der Waals surface area contributed by atoms with E-state index in [1.54, 1.807) is 0 Å². The lowest BCUT2D eigenvalue weighted by atomic mass is 9.94. The number of esters is 1. The molecule has 2 aliphatic heterocycles. The molecule has 162 valence electrons. The number of benzene rings is 2. The van der Waals surface area contributed by atoms with Gasteiger partial charge in [-0.3, -0.25) is 4.90 Å². The summed E-state index contributed by atoms with van der Waals surface area (Å²) in [5.41, 5.74) is 4.42. The van der Waals surface area contributed by atoms with Crippen molar-refractivity contribution < 1.29 is 19.1 Å². The minimum absolute atomic E-state index is 0.334. The molecule has 31 heavy (non-hydrogen) atoms. The first-order chi connectivity index (χ1) is 15.1. The molecule has 4 rings (SSSR count). The zero-order valence-corrected chi connectivity index (χ0v) is 17.8. The molecule has 2 heterocycles. The van der Waals surface area contributed by atoms with E-state index in [9.17, 15) is 9.59 Å². The maximum Gasteiger partial charge on any atom is 0.338 e. The molecule has 2 aromatic carbocycles. The van der Waals surface area contributed by atoms with Gasteiger partial charge in [-0.25, -0.2) is 9.59 Å². The Labute approximate surface area is 182 Å². The molecule has 0 spiro atoms. The number of nitrogens with one attached hydrogen (secondary N) is 2. The Hall–Kier alpha value is -3.32. The molecule has 2 aromatic rings. The quantitative estimate of drug-likeness (QED) is 0.701. The number of carbonyl (C=O) groups is 2. The normalized spacial score (nSPS) is 18.6. The topological polar surface area (TPSA) is 79.9 Å². The third-order valence-electron chi connectivity index (χ3n) is 5.67. The highest BCUT2D eigenvalue weighted by molar-refractivity contribution is 5.95. The van der Waals surface area contributed by atoms with Crippen LogP contribution in [0.15, 0.2) is 59.8 Å². The first kappa shape index (κ1) is 20.9. The van der Waals surface area contributed by atoms with Crippen molar-refractivity contribution >= 4 is 12.0 Å². The second kappa shape index (κ2) is 9.22. The number of ether oxygens (including phenoxy) is 2. The van der Waals surface area contributed by atoms with Crippen LogP contribution in [-0.4, -0.2) is 43.7 Å². The van der Waals surface area contributed by atoms with Crippen LogP contribution in [0.25, 0.3) is 0 Å². The fraction of sp³-hybridized carbons (Fsp3) is 0.333. The van der Waals surface area contributed by atoms with E-state index in [4.69, 9.17) is 9.47 Å². The van der Waals surface area contributed by atoms with E-state index < -0.39 is 12.0 Å². The summed E-state index contributed by atoms with van der Waals surface area (Å²) in [4.78, 5) is 27.5. The van der Waals surface area contributed by atoms with Crippen LogP contribution >= 0.6 is 0 Å². The summed E-state index contributed by atoms with van der Waals surface area (Å²) in [7, 11) is 1.36. The van der Waals surface area contributed by atoms with E-state index in [0.717, 1.165) is 30.8 Å². The molecule has 0 bridgehead atoms. The van der Waals surface area contributed by atoms with Gasteiger partial charge in [-0.2, -0.15) is 0 Å². The van der Waals surface area contributed by atoms with Crippen molar-refractivity contribution in [3.05, 3.63) is 76.5 Å². The van der Waals surface area contributed by atoms with Crippen LogP contribution in [0.5, 0.6) is 5.75 Å². The van der Waals surface area contributed by atoms with Crippen LogP contribution in [-0.2, 0) is 22.5 Å². The number of carbonyl (C=O) groups excluding carboxylic acids is 2. The SMILES string of the molecule is CCOc1ccc([C@H]2NC(=O)NC(CN3CCc4ccccc4C3)=C2C(=O)OC)cc1. The Balaban J connectivity index is 1.64. The third-order valence-corrected chi connectivity index (χ3v) is 5.67. The van der Waals surface area contributed by atoms with E-state index in [1.165, 1.54) is 18.2 Å². The summed E-state index contributed by atoms with van der Waals surface area (Å²) in [5, 5.41) is 5.71. The number of hydrogen-bond acceptors (Lipinski definition) is 5. The van der Waals surface area contributed by atoms with Crippen LogP contribution in [0.1, 0.15) is 29.7 Å². The van der Waals surface area contributed by atoms with Gasteiger partial charge in [0.25, 0.3) is 0 Å². The predicted octanol–water partition coefficient (Wildman–Crippen LogP) is 2.92. The Morgan fingerprint density at radius 1 is 1.13 bits per heavy atom. The fourth-order valence-corrected chi connectivity index (χ4v) is 4.18. The van der Waals surface area contributed by atoms with Crippen LogP contribution in [0.4, 0.5) is 4.79 Å². The number of hydrogen-bond donors (Lipinski definition) is 2. The number of rotatable bonds is 6. The van der Waals surface area contributed by atoms with E-state index in [2.05, 4.69) is 33.7 Å². The first-order valence-electron chi connectivity index (χ1n) is 10.5. The molecular weight excluding hydrogens is 394 g/mol.